The van der Waals surface area contributed by atoms with E-state index in [9.17, 15) is 0 Å². The second kappa shape index (κ2) is 11.3. The van der Waals surface area contributed by atoms with Crippen LogP contribution in [-0.2, 0) is 12.8 Å². The quantitative estimate of drug-likeness (QED) is 0.556. The Morgan fingerprint density at radius 2 is 2.08 bits per heavy atom. The van der Waals surface area contributed by atoms with Gasteiger partial charge in [0.1, 0.15) is 0 Å². The molecule has 0 unspecified atom stereocenters. The van der Waals surface area contributed by atoms with Crippen molar-refractivity contribution < 1.29 is 5.11 Å². The molecule has 1 aromatic carbocycles. The summed E-state index contributed by atoms with van der Waals surface area (Å²) in [7, 11) is 0. The van der Waals surface area contributed by atoms with Gasteiger partial charge in [0, 0.05) is 6.61 Å². The maximum Gasteiger partial charge on any atom is 0.0431 e. The summed E-state index contributed by atoms with van der Waals surface area (Å²) in [6, 6.07) is 7.10. The fraction of sp³-hybridized carbons (Fsp3) is 0.727. The van der Waals surface area contributed by atoms with Gasteiger partial charge in [-0.1, -0.05) is 38.5 Å². The molecule has 0 saturated heterocycles. The average Bonchev–Trinajstić information content (AvgIpc) is 2.62. The van der Waals surface area contributed by atoms with Gasteiger partial charge in [0.2, 0.25) is 0 Å². The number of fused-ring (bicyclic) bond motifs is 1. The van der Waals surface area contributed by atoms with Gasteiger partial charge in [-0.05, 0) is 91.0 Å². The molecule has 1 aliphatic rings. The van der Waals surface area contributed by atoms with Crippen molar-refractivity contribution in [3.05, 3.63) is 34.9 Å². The molecule has 0 aliphatic heterocycles. The molecule has 1 aromatic rings. The van der Waals surface area contributed by atoms with Gasteiger partial charge >= 0.3 is 0 Å². The van der Waals surface area contributed by atoms with Crippen molar-refractivity contribution in [2.45, 2.75) is 64.7 Å². The van der Waals surface area contributed by atoms with Crippen molar-refractivity contribution in [1.82, 2.24) is 0 Å². The fourth-order valence-corrected chi connectivity index (χ4v) is 4.98. The van der Waals surface area contributed by atoms with E-state index >= 15 is 0 Å². The predicted molar refractivity (Wildman–Crippen MR) is 111 cm³/mol. The summed E-state index contributed by atoms with van der Waals surface area (Å²) in [4.78, 5) is 0. The number of thioether (sulfide) groups is 1. The van der Waals surface area contributed by atoms with Gasteiger partial charge in [0.05, 0.1) is 0 Å². The summed E-state index contributed by atoms with van der Waals surface area (Å²) in [5.41, 5.74) is 10.5. The number of benzene rings is 1. The minimum absolute atomic E-state index is 0.290. The van der Waals surface area contributed by atoms with Crippen molar-refractivity contribution in [3.8, 4) is 0 Å². The van der Waals surface area contributed by atoms with Gasteiger partial charge in [-0.15, -0.1) is 0 Å². The van der Waals surface area contributed by atoms with Crippen molar-refractivity contribution in [2.24, 2.45) is 17.6 Å². The van der Waals surface area contributed by atoms with E-state index < -0.39 is 0 Å². The Labute approximate surface area is 159 Å². The topological polar surface area (TPSA) is 46.2 Å². The third-order valence-electron chi connectivity index (χ3n) is 5.40. The Kier molecular flexibility index (Phi) is 9.36. The Bertz CT molecular complexity index is 503. The van der Waals surface area contributed by atoms with Gasteiger partial charge in [0.25, 0.3) is 0 Å². The van der Waals surface area contributed by atoms with E-state index in [1.165, 1.54) is 42.8 Å². The summed E-state index contributed by atoms with van der Waals surface area (Å²) >= 11 is 2.12. The van der Waals surface area contributed by atoms with Gasteiger partial charge in [-0.2, -0.15) is 11.8 Å². The Hall–Kier alpha value is -0.510. The normalized spacial score (nSPS) is 18.4. The van der Waals surface area contributed by atoms with Gasteiger partial charge < -0.3 is 10.8 Å². The van der Waals surface area contributed by atoms with Crippen LogP contribution in [0.15, 0.2) is 18.2 Å². The summed E-state index contributed by atoms with van der Waals surface area (Å²) in [6.07, 6.45) is 8.24. The molecule has 3 heteroatoms. The van der Waals surface area contributed by atoms with Crippen molar-refractivity contribution >= 4 is 11.8 Å². The van der Waals surface area contributed by atoms with Gasteiger partial charge in [0.15, 0.2) is 0 Å². The van der Waals surface area contributed by atoms with Crippen LogP contribution < -0.4 is 5.73 Å². The highest BCUT2D eigenvalue weighted by Crippen LogP contribution is 2.32. The Morgan fingerprint density at radius 3 is 2.80 bits per heavy atom. The Morgan fingerprint density at radius 1 is 1.24 bits per heavy atom. The molecular weight excluding hydrogens is 326 g/mol. The van der Waals surface area contributed by atoms with Crippen molar-refractivity contribution in [3.63, 3.8) is 0 Å². The van der Waals surface area contributed by atoms with Crippen LogP contribution in [0.25, 0.3) is 0 Å². The number of aliphatic hydroxyl groups excluding tert-OH is 1. The lowest BCUT2D eigenvalue weighted by atomic mass is 9.80. The molecular formula is C22H37NOS. The lowest BCUT2D eigenvalue weighted by Gasteiger charge is -2.26. The summed E-state index contributed by atoms with van der Waals surface area (Å²) in [6.45, 7) is 5.61. The highest BCUT2D eigenvalue weighted by atomic mass is 32.2. The van der Waals surface area contributed by atoms with Crippen LogP contribution >= 0.6 is 11.8 Å². The molecule has 0 heterocycles. The standard InChI is InChI=1S/C22H37NOS/c1-17(2)16-25-12-10-18-6-7-20-14-21(9-8-19(20)13-18)22(15-23)5-3-4-11-24/h8-9,14,17-18,22,24H,3-7,10-13,15-16,23H2,1-2H3/t18-,22+/m1/s1. The third-order valence-corrected chi connectivity index (χ3v) is 6.83. The number of nitrogens with two attached hydrogens (primary N) is 1. The number of unbranched alkanes of at least 4 members (excludes halogenated alkanes) is 1. The largest absolute Gasteiger partial charge is 0.396 e. The van der Waals surface area contributed by atoms with E-state index in [1.807, 2.05) is 0 Å². The average molecular weight is 364 g/mol. The molecule has 0 aromatic heterocycles. The number of aryl methyl sites for hydroxylation is 1. The van der Waals surface area contributed by atoms with E-state index in [0.29, 0.717) is 19.1 Å². The van der Waals surface area contributed by atoms with Crippen LogP contribution in [0.2, 0.25) is 0 Å². The highest BCUT2D eigenvalue weighted by molar-refractivity contribution is 7.99. The molecule has 25 heavy (non-hydrogen) atoms. The smallest absolute Gasteiger partial charge is 0.0431 e. The first-order valence-electron chi connectivity index (χ1n) is 10.1. The van der Waals surface area contributed by atoms with Crippen LogP contribution in [-0.4, -0.2) is 29.8 Å². The number of hydrogen-bond donors (Lipinski definition) is 2. The fourth-order valence-electron chi connectivity index (χ4n) is 3.84. The van der Waals surface area contributed by atoms with E-state index in [2.05, 4.69) is 43.8 Å². The first-order valence-corrected chi connectivity index (χ1v) is 11.3. The monoisotopic (exact) mass is 363 g/mol. The lowest BCUT2D eigenvalue weighted by molar-refractivity contribution is 0.281. The minimum atomic E-state index is 0.290. The van der Waals surface area contributed by atoms with Crippen LogP contribution in [0.1, 0.15) is 68.6 Å². The summed E-state index contributed by atoms with van der Waals surface area (Å²) < 4.78 is 0. The zero-order valence-electron chi connectivity index (χ0n) is 16.2. The SMILES string of the molecule is CC(C)CSCC[C@H]1CCc2cc([C@H](CN)CCCCO)ccc2C1. The molecule has 0 spiro atoms. The highest BCUT2D eigenvalue weighted by Gasteiger charge is 2.20. The zero-order valence-corrected chi connectivity index (χ0v) is 17.0. The number of aliphatic hydroxyl groups is 1. The van der Waals surface area contributed by atoms with Crippen LogP contribution in [0, 0.1) is 11.8 Å². The third kappa shape index (κ3) is 6.96. The molecule has 0 bridgehead atoms. The van der Waals surface area contributed by atoms with E-state index in [-0.39, 0.29) is 0 Å². The van der Waals surface area contributed by atoms with E-state index in [1.54, 1.807) is 11.1 Å². The van der Waals surface area contributed by atoms with Crippen LogP contribution in [0.3, 0.4) is 0 Å². The van der Waals surface area contributed by atoms with Gasteiger partial charge in [-0.3, -0.25) is 0 Å². The Balaban J connectivity index is 1.87. The molecule has 0 amide bonds. The van der Waals surface area contributed by atoms with Gasteiger partial charge in [-0.25, -0.2) is 0 Å². The molecule has 1 aliphatic carbocycles. The molecule has 0 saturated carbocycles. The maximum absolute atomic E-state index is 8.98. The second-order valence-electron chi connectivity index (χ2n) is 8.05. The van der Waals surface area contributed by atoms with Crippen LogP contribution in [0.4, 0.5) is 0 Å². The molecule has 142 valence electrons. The summed E-state index contributed by atoms with van der Waals surface area (Å²) in [5, 5.41) is 8.98. The molecule has 3 N–H and O–H groups in total. The zero-order chi connectivity index (χ0) is 18.1. The first kappa shape index (κ1) is 20.8. The summed E-state index contributed by atoms with van der Waals surface area (Å²) in [5.74, 6) is 4.73. The van der Waals surface area contributed by atoms with E-state index in [4.69, 9.17) is 10.8 Å². The second-order valence-corrected chi connectivity index (χ2v) is 9.20. The number of hydrogen-bond acceptors (Lipinski definition) is 3. The van der Waals surface area contributed by atoms with Crippen molar-refractivity contribution in [2.75, 3.05) is 24.7 Å². The maximum atomic E-state index is 8.98. The molecule has 0 fully saturated rings. The molecule has 0 radical (unpaired) electrons. The minimum Gasteiger partial charge on any atom is -0.396 e. The lowest BCUT2D eigenvalue weighted by Crippen LogP contribution is -2.17. The first-order chi connectivity index (χ1) is 12.1. The number of rotatable bonds is 11. The van der Waals surface area contributed by atoms with E-state index in [0.717, 1.165) is 31.1 Å². The molecule has 2 rings (SSSR count). The van der Waals surface area contributed by atoms with Crippen molar-refractivity contribution in [1.29, 1.82) is 0 Å². The molecule has 2 nitrogen and oxygen atoms in total. The molecule has 2 atom stereocenters. The predicted octanol–water partition coefficient (Wildman–Crippen LogP) is 4.78. The van der Waals surface area contributed by atoms with Crippen LogP contribution in [0.5, 0.6) is 0 Å².